The summed E-state index contributed by atoms with van der Waals surface area (Å²) in [4.78, 5) is 4.68. The molecule has 0 bridgehead atoms. The number of fused-ring (bicyclic) bond motifs is 1. The molecule has 1 unspecified atom stereocenters. The third kappa shape index (κ3) is 7.05. The van der Waals surface area contributed by atoms with E-state index in [0.717, 1.165) is 30.0 Å². The van der Waals surface area contributed by atoms with Gasteiger partial charge in [0.15, 0.2) is 5.96 Å². The lowest BCUT2D eigenvalue weighted by molar-refractivity contribution is 0.254. The second-order valence-electron chi connectivity index (χ2n) is 7.36. The Morgan fingerprint density at radius 2 is 2.07 bits per heavy atom. The van der Waals surface area contributed by atoms with E-state index in [-0.39, 0.29) is 6.10 Å². The van der Waals surface area contributed by atoms with Gasteiger partial charge in [-0.05, 0) is 39.3 Å². The van der Waals surface area contributed by atoms with Gasteiger partial charge in [0.25, 0.3) is 0 Å². The van der Waals surface area contributed by atoms with Crippen LogP contribution in [0.1, 0.15) is 45.2 Å². The van der Waals surface area contributed by atoms with Gasteiger partial charge in [-0.25, -0.2) is 17.7 Å². The van der Waals surface area contributed by atoms with E-state index in [1.165, 1.54) is 16.1 Å². The van der Waals surface area contributed by atoms with Crippen LogP contribution in [0.25, 0.3) is 0 Å². The molecule has 8 nitrogen and oxygen atoms in total. The first-order chi connectivity index (χ1) is 14.3. The van der Waals surface area contributed by atoms with E-state index in [9.17, 15) is 8.42 Å². The summed E-state index contributed by atoms with van der Waals surface area (Å²) < 4.78 is 36.6. The van der Waals surface area contributed by atoms with Crippen molar-refractivity contribution in [3.63, 3.8) is 0 Å². The van der Waals surface area contributed by atoms with Gasteiger partial charge in [-0.1, -0.05) is 6.92 Å². The van der Waals surface area contributed by atoms with Crippen molar-refractivity contribution in [1.82, 2.24) is 14.9 Å². The van der Waals surface area contributed by atoms with Crippen LogP contribution in [-0.4, -0.2) is 63.8 Å². The van der Waals surface area contributed by atoms with Gasteiger partial charge in [0.05, 0.1) is 19.4 Å². The minimum atomic E-state index is -3.16. The SMILES string of the molecule is CCNC(=NCc1cc2c(cc1OCC)CC(C)O2)NCCCN(CC)S(C)(=O)=O. The zero-order valence-corrected chi connectivity index (χ0v) is 19.6. The molecule has 0 amide bonds. The molecule has 0 radical (unpaired) electrons. The predicted molar refractivity (Wildman–Crippen MR) is 121 cm³/mol. The predicted octanol–water partition coefficient (Wildman–Crippen LogP) is 2.14. The van der Waals surface area contributed by atoms with E-state index < -0.39 is 10.0 Å². The first-order valence-electron chi connectivity index (χ1n) is 10.7. The Bertz CT molecular complexity index is 827. The van der Waals surface area contributed by atoms with E-state index in [2.05, 4.69) is 28.6 Å². The molecule has 0 saturated carbocycles. The Morgan fingerprint density at radius 1 is 1.30 bits per heavy atom. The number of nitrogens with zero attached hydrogens (tertiary/aromatic N) is 2. The number of hydrogen-bond acceptors (Lipinski definition) is 5. The molecule has 1 aromatic rings. The molecule has 170 valence electrons. The minimum absolute atomic E-state index is 0.182. The Balaban J connectivity index is 2.01. The van der Waals surface area contributed by atoms with Crippen LogP contribution in [0.15, 0.2) is 17.1 Å². The van der Waals surface area contributed by atoms with Crippen molar-refractivity contribution >= 4 is 16.0 Å². The molecule has 0 aliphatic carbocycles. The second kappa shape index (κ2) is 11.4. The molecule has 0 fully saturated rings. The van der Waals surface area contributed by atoms with Crippen LogP contribution in [-0.2, 0) is 23.0 Å². The topological polar surface area (TPSA) is 92.3 Å². The Hall–Kier alpha value is -2.00. The zero-order valence-electron chi connectivity index (χ0n) is 18.8. The quantitative estimate of drug-likeness (QED) is 0.311. The molecule has 9 heteroatoms. The van der Waals surface area contributed by atoms with E-state index in [4.69, 9.17) is 9.47 Å². The molecule has 1 heterocycles. The zero-order chi connectivity index (χ0) is 22.1. The highest BCUT2D eigenvalue weighted by atomic mass is 32.2. The van der Waals surface area contributed by atoms with Crippen LogP contribution in [0, 0.1) is 0 Å². The van der Waals surface area contributed by atoms with Gasteiger partial charge in [-0.15, -0.1) is 0 Å². The monoisotopic (exact) mass is 440 g/mol. The van der Waals surface area contributed by atoms with Crippen LogP contribution < -0.4 is 20.1 Å². The molecule has 1 aliphatic rings. The molecule has 0 saturated heterocycles. The van der Waals surface area contributed by atoms with Crippen LogP contribution >= 0.6 is 0 Å². The highest BCUT2D eigenvalue weighted by molar-refractivity contribution is 7.88. The van der Waals surface area contributed by atoms with Crippen molar-refractivity contribution in [2.75, 3.05) is 39.0 Å². The number of hydrogen-bond donors (Lipinski definition) is 2. The fourth-order valence-electron chi connectivity index (χ4n) is 3.42. The van der Waals surface area contributed by atoms with Crippen molar-refractivity contribution in [1.29, 1.82) is 0 Å². The lowest BCUT2D eigenvalue weighted by Gasteiger charge is -2.18. The second-order valence-corrected chi connectivity index (χ2v) is 9.35. The Labute approximate surface area is 181 Å². The van der Waals surface area contributed by atoms with Crippen molar-refractivity contribution in [2.45, 2.75) is 53.2 Å². The third-order valence-electron chi connectivity index (χ3n) is 4.83. The molecule has 30 heavy (non-hydrogen) atoms. The third-order valence-corrected chi connectivity index (χ3v) is 6.21. The maximum atomic E-state index is 11.7. The van der Waals surface area contributed by atoms with Gasteiger partial charge in [0.2, 0.25) is 10.0 Å². The normalized spacial score (nSPS) is 16.3. The molecular weight excluding hydrogens is 404 g/mol. The molecule has 0 aromatic heterocycles. The summed E-state index contributed by atoms with van der Waals surface area (Å²) in [7, 11) is -3.16. The summed E-state index contributed by atoms with van der Waals surface area (Å²) in [5.41, 5.74) is 2.16. The smallest absolute Gasteiger partial charge is 0.211 e. The minimum Gasteiger partial charge on any atom is -0.494 e. The van der Waals surface area contributed by atoms with Crippen molar-refractivity contribution in [3.8, 4) is 11.5 Å². The number of benzene rings is 1. The Morgan fingerprint density at radius 3 is 2.70 bits per heavy atom. The summed E-state index contributed by atoms with van der Waals surface area (Å²) in [6, 6.07) is 4.10. The first kappa shape index (κ1) is 24.3. The van der Waals surface area contributed by atoms with Gasteiger partial charge in [0, 0.05) is 43.7 Å². The van der Waals surface area contributed by atoms with Gasteiger partial charge in [-0.2, -0.15) is 0 Å². The highest BCUT2D eigenvalue weighted by Crippen LogP contribution is 2.35. The lowest BCUT2D eigenvalue weighted by atomic mass is 10.1. The molecular formula is C21H36N4O4S. The Kier molecular flexibility index (Phi) is 9.23. The summed E-state index contributed by atoms with van der Waals surface area (Å²) in [5.74, 6) is 2.45. The number of aliphatic imine (C=N–C) groups is 1. The van der Waals surface area contributed by atoms with Crippen LogP contribution in [0.5, 0.6) is 11.5 Å². The van der Waals surface area contributed by atoms with Gasteiger partial charge in [-0.3, -0.25) is 0 Å². The fraction of sp³-hybridized carbons (Fsp3) is 0.667. The molecule has 1 aliphatic heterocycles. The largest absolute Gasteiger partial charge is 0.494 e. The van der Waals surface area contributed by atoms with Crippen molar-refractivity contribution in [2.24, 2.45) is 4.99 Å². The number of rotatable bonds is 11. The first-order valence-corrected chi connectivity index (χ1v) is 12.6. The maximum absolute atomic E-state index is 11.7. The summed E-state index contributed by atoms with van der Waals surface area (Å²) in [6.45, 7) is 11.3. The van der Waals surface area contributed by atoms with E-state index in [1.54, 1.807) is 0 Å². The van der Waals surface area contributed by atoms with Crippen molar-refractivity contribution < 1.29 is 17.9 Å². The van der Waals surface area contributed by atoms with Gasteiger partial charge >= 0.3 is 0 Å². The molecule has 1 atom stereocenters. The number of nitrogens with one attached hydrogen (secondary N) is 2. The molecule has 1 aromatic carbocycles. The molecule has 0 spiro atoms. The average Bonchev–Trinajstić information content (AvgIpc) is 3.03. The summed E-state index contributed by atoms with van der Waals surface area (Å²) >= 11 is 0. The van der Waals surface area contributed by atoms with E-state index in [0.29, 0.717) is 45.2 Å². The average molecular weight is 441 g/mol. The van der Waals surface area contributed by atoms with E-state index in [1.807, 2.05) is 26.8 Å². The summed E-state index contributed by atoms with van der Waals surface area (Å²) in [5, 5.41) is 6.51. The summed E-state index contributed by atoms with van der Waals surface area (Å²) in [6.07, 6.45) is 3.01. The highest BCUT2D eigenvalue weighted by Gasteiger charge is 2.21. The van der Waals surface area contributed by atoms with Crippen molar-refractivity contribution in [3.05, 3.63) is 23.3 Å². The van der Waals surface area contributed by atoms with Gasteiger partial charge in [0.1, 0.15) is 17.6 Å². The lowest BCUT2D eigenvalue weighted by Crippen LogP contribution is -2.39. The fourth-order valence-corrected chi connectivity index (χ4v) is 4.35. The van der Waals surface area contributed by atoms with E-state index >= 15 is 0 Å². The maximum Gasteiger partial charge on any atom is 0.211 e. The van der Waals surface area contributed by atoms with Crippen LogP contribution in [0.4, 0.5) is 0 Å². The van der Waals surface area contributed by atoms with Crippen LogP contribution in [0.3, 0.4) is 0 Å². The standard InChI is InChI=1S/C21H36N4O4S/c1-6-22-21(23-10-9-11-25(7-2)30(5,26)27)24-15-18-14-20-17(12-16(4)29-20)13-19(18)28-8-3/h13-14,16H,6-12,15H2,1-5H3,(H2,22,23,24). The number of ether oxygens (including phenoxy) is 2. The number of sulfonamides is 1. The van der Waals surface area contributed by atoms with Crippen LogP contribution in [0.2, 0.25) is 0 Å². The molecule has 2 N–H and O–H groups in total. The van der Waals surface area contributed by atoms with Gasteiger partial charge < -0.3 is 20.1 Å². The molecule has 2 rings (SSSR count). The number of guanidine groups is 1.